The van der Waals surface area contributed by atoms with Gasteiger partial charge in [0, 0.05) is 5.56 Å². The first-order valence-electron chi connectivity index (χ1n) is 5.65. The van der Waals surface area contributed by atoms with E-state index < -0.39 is 5.91 Å². The predicted octanol–water partition coefficient (Wildman–Crippen LogP) is 3.21. The molecule has 2 aromatic carbocycles. The summed E-state index contributed by atoms with van der Waals surface area (Å²) in [6.45, 7) is 0. The molecule has 0 saturated heterocycles. The van der Waals surface area contributed by atoms with E-state index in [9.17, 15) is 4.79 Å². The topological polar surface area (TPSA) is 77.0 Å². The maximum Gasteiger partial charge on any atom is 0.248 e. The fourth-order valence-electron chi connectivity index (χ4n) is 1.53. The third kappa shape index (κ3) is 3.16. The average Bonchev–Trinajstić information content (AvgIpc) is 2.45. The van der Waals surface area contributed by atoms with Gasteiger partial charge in [-0.15, -0.1) is 5.11 Å². The van der Waals surface area contributed by atoms with Gasteiger partial charge < -0.3 is 10.5 Å². The number of ether oxygens (including phenoxy) is 1. The van der Waals surface area contributed by atoms with Crippen LogP contribution in [0.3, 0.4) is 0 Å². The van der Waals surface area contributed by atoms with Gasteiger partial charge in [0.2, 0.25) is 5.91 Å². The molecule has 0 saturated carbocycles. The Morgan fingerprint density at radius 2 is 1.84 bits per heavy atom. The van der Waals surface area contributed by atoms with Crippen molar-refractivity contribution in [1.29, 1.82) is 0 Å². The molecule has 0 aliphatic carbocycles. The number of methoxy groups -OCH3 is 1. The van der Waals surface area contributed by atoms with Gasteiger partial charge in [0.05, 0.1) is 12.8 Å². The number of benzene rings is 2. The van der Waals surface area contributed by atoms with E-state index >= 15 is 0 Å². The van der Waals surface area contributed by atoms with Gasteiger partial charge in [-0.05, 0) is 30.3 Å². The number of hydrogen-bond acceptors (Lipinski definition) is 4. The standard InChI is InChI=1S/C14H13N3O2/c1-19-13-8-7-10(14(15)18)9-12(13)17-16-11-5-3-2-4-6-11/h2-9H,1H3,(H2,15,18). The maximum atomic E-state index is 11.1. The molecular weight excluding hydrogens is 242 g/mol. The maximum absolute atomic E-state index is 11.1. The summed E-state index contributed by atoms with van der Waals surface area (Å²) in [6, 6.07) is 14.1. The van der Waals surface area contributed by atoms with E-state index in [1.165, 1.54) is 7.11 Å². The van der Waals surface area contributed by atoms with Gasteiger partial charge in [-0.25, -0.2) is 0 Å². The van der Waals surface area contributed by atoms with Crippen LogP contribution >= 0.6 is 0 Å². The third-order valence-electron chi connectivity index (χ3n) is 2.49. The Bertz CT molecular complexity index is 609. The second-order valence-corrected chi connectivity index (χ2v) is 3.79. The molecule has 0 fully saturated rings. The van der Waals surface area contributed by atoms with E-state index in [4.69, 9.17) is 10.5 Å². The molecule has 0 aliphatic rings. The minimum Gasteiger partial charge on any atom is -0.494 e. The van der Waals surface area contributed by atoms with Gasteiger partial charge in [-0.3, -0.25) is 4.79 Å². The molecule has 0 aromatic heterocycles. The lowest BCUT2D eigenvalue weighted by molar-refractivity contribution is 0.100. The van der Waals surface area contributed by atoms with Crippen molar-refractivity contribution in [3.63, 3.8) is 0 Å². The summed E-state index contributed by atoms with van der Waals surface area (Å²) in [4.78, 5) is 11.1. The summed E-state index contributed by atoms with van der Waals surface area (Å²) in [5, 5.41) is 8.16. The van der Waals surface area contributed by atoms with Crippen molar-refractivity contribution in [2.75, 3.05) is 7.11 Å². The fraction of sp³-hybridized carbons (Fsp3) is 0.0714. The number of carbonyl (C=O) groups excluding carboxylic acids is 1. The normalized spacial score (nSPS) is 10.6. The van der Waals surface area contributed by atoms with E-state index in [0.29, 0.717) is 22.7 Å². The molecule has 0 unspecified atom stereocenters. The van der Waals surface area contributed by atoms with E-state index in [1.54, 1.807) is 18.2 Å². The Hall–Kier alpha value is -2.69. The molecule has 2 aromatic rings. The first-order valence-corrected chi connectivity index (χ1v) is 5.65. The minimum atomic E-state index is -0.515. The first kappa shape index (κ1) is 12.8. The summed E-state index contributed by atoms with van der Waals surface area (Å²) >= 11 is 0. The van der Waals surface area contributed by atoms with E-state index in [0.717, 1.165) is 0 Å². The highest BCUT2D eigenvalue weighted by molar-refractivity contribution is 5.94. The van der Waals surface area contributed by atoms with Gasteiger partial charge in [0.1, 0.15) is 11.4 Å². The number of azo groups is 1. The fourth-order valence-corrected chi connectivity index (χ4v) is 1.53. The van der Waals surface area contributed by atoms with Crippen molar-refractivity contribution in [2.45, 2.75) is 0 Å². The van der Waals surface area contributed by atoms with Crippen molar-refractivity contribution >= 4 is 17.3 Å². The molecule has 0 spiro atoms. The molecule has 2 N–H and O–H groups in total. The van der Waals surface area contributed by atoms with Crippen LogP contribution in [-0.2, 0) is 0 Å². The van der Waals surface area contributed by atoms with Crippen molar-refractivity contribution in [3.8, 4) is 5.75 Å². The molecule has 5 nitrogen and oxygen atoms in total. The van der Waals surface area contributed by atoms with Crippen molar-refractivity contribution in [1.82, 2.24) is 0 Å². The highest BCUT2D eigenvalue weighted by atomic mass is 16.5. The Morgan fingerprint density at radius 3 is 2.47 bits per heavy atom. The third-order valence-corrected chi connectivity index (χ3v) is 2.49. The van der Waals surface area contributed by atoms with E-state index in [1.807, 2.05) is 30.3 Å². The molecule has 0 aliphatic heterocycles. The van der Waals surface area contributed by atoms with E-state index in [2.05, 4.69) is 10.2 Å². The smallest absolute Gasteiger partial charge is 0.248 e. The van der Waals surface area contributed by atoms with E-state index in [-0.39, 0.29) is 0 Å². The Kier molecular flexibility index (Phi) is 3.87. The summed E-state index contributed by atoms with van der Waals surface area (Å²) in [5.74, 6) is 0.0171. The minimum absolute atomic E-state index is 0.364. The van der Waals surface area contributed by atoms with Crippen molar-refractivity contribution in [3.05, 3.63) is 54.1 Å². The second-order valence-electron chi connectivity index (χ2n) is 3.79. The zero-order valence-electron chi connectivity index (χ0n) is 10.4. The number of rotatable bonds is 4. The zero-order chi connectivity index (χ0) is 13.7. The number of carbonyl (C=O) groups is 1. The number of amides is 1. The summed E-state index contributed by atoms with van der Waals surface area (Å²) in [5.41, 5.74) is 6.77. The molecule has 0 bridgehead atoms. The van der Waals surface area contributed by atoms with Crippen molar-refractivity contribution < 1.29 is 9.53 Å². The lowest BCUT2D eigenvalue weighted by atomic mass is 10.2. The van der Waals surface area contributed by atoms with Crippen LogP contribution in [0.2, 0.25) is 0 Å². The van der Waals surface area contributed by atoms with Gasteiger partial charge in [-0.2, -0.15) is 5.11 Å². The lowest BCUT2D eigenvalue weighted by Crippen LogP contribution is -2.10. The van der Waals surface area contributed by atoms with Gasteiger partial charge in [0.25, 0.3) is 0 Å². The molecule has 2 rings (SSSR count). The monoisotopic (exact) mass is 255 g/mol. The van der Waals surface area contributed by atoms with Gasteiger partial charge >= 0.3 is 0 Å². The quantitative estimate of drug-likeness (QED) is 0.851. The summed E-state index contributed by atoms with van der Waals surface area (Å²) in [6.07, 6.45) is 0. The first-order chi connectivity index (χ1) is 9.20. The average molecular weight is 255 g/mol. The van der Waals surface area contributed by atoms with Crippen LogP contribution in [0.25, 0.3) is 0 Å². The van der Waals surface area contributed by atoms with Crippen LogP contribution in [0.1, 0.15) is 10.4 Å². The Balaban J connectivity index is 2.35. The highest BCUT2D eigenvalue weighted by Crippen LogP contribution is 2.29. The van der Waals surface area contributed by atoms with Crippen LogP contribution in [0.15, 0.2) is 58.8 Å². The molecule has 5 heteroatoms. The molecular formula is C14H13N3O2. The van der Waals surface area contributed by atoms with Crippen LogP contribution in [0, 0.1) is 0 Å². The molecule has 1 amide bonds. The number of nitrogens with two attached hydrogens (primary N) is 1. The number of nitrogens with zero attached hydrogens (tertiary/aromatic N) is 2. The van der Waals surface area contributed by atoms with Crippen LogP contribution in [0.5, 0.6) is 5.75 Å². The largest absolute Gasteiger partial charge is 0.494 e. The Morgan fingerprint density at radius 1 is 1.11 bits per heavy atom. The van der Waals surface area contributed by atoms with Crippen LogP contribution in [-0.4, -0.2) is 13.0 Å². The van der Waals surface area contributed by atoms with Gasteiger partial charge in [-0.1, -0.05) is 18.2 Å². The Labute approximate surface area is 110 Å². The predicted molar refractivity (Wildman–Crippen MR) is 72.1 cm³/mol. The summed E-state index contributed by atoms with van der Waals surface area (Å²) < 4.78 is 5.16. The van der Waals surface area contributed by atoms with Crippen molar-refractivity contribution in [2.24, 2.45) is 16.0 Å². The molecule has 0 atom stereocenters. The molecule has 96 valence electrons. The zero-order valence-corrected chi connectivity index (χ0v) is 10.4. The lowest BCUT2D eigenvalue weighted by Gasteiger charge is -2.04. The SMILES string of the molecule is COc1ccc(C(N)=O)cc1N=Nc1ccccc1. The van der Waals surface area contributed by atoms with Gasteiger partial charge in [0.15, 0.2) is 0 Å². The highest BCUT2D eigenvalue weighted by Gasteiger charge is 2.07. The second kappa shape index (κ2) is 5.77. The molecule has 19 heavy (non-hydrogen) atoms. The van der Waals surface area contributed by atoms with Crippen LogP contribution < -0.4 is 10.5 Å². The molecule has 0 heterocycles. The summed E-state index contributed by atoms with van der Waals surface area (Å²) in [7, 11) is 1.53. The molecule has 0 radical (unpaired) electrons. The number of primary amides is 1. The number of hydrogen-bond donors (Lipinski definition) is 1. The van der Waals surface area contributed by atoms with Crippen LogP contribution in [0.4, 0.5) is 11.4 Å².